The van der Waals surface area contributed by atoms with E-state index in [1.54, 1.807) is 0 Å². The van der Waals surface area contributed by atoms with Gasteiger partial charge in [-0.2, -0.15) is 0 Å². The van der Waals surface area contributed by atoms with E-state index in [9.17, 15) is 0 Å². The van der Waals surface area contributed by atoms with Crippen LogP contribution in [-0.2, 0) is 0 Å². The highest BCUT2D eigenvalue weighted by molar-refractivity contribution is 7.32. The molecule has 4 heteroatoms. The Morgan fingerprint density at radius 3 is 3.09 bits per heavy atom. The molecular weight excluding hydrogens is 159 g/mol. The van der Waals surface area contributed by atoms with E-state index in [2.05, 4.69) is 9.76 Å². The van der Waals surface area contributed by atoms with Gasteiger partial charge in [-0.15, -0.1) is 0 Å². The molecule has 1 aliphatic heterocycles. The van der Waals surface area contributed by atoms with Crippen molar-refractivity contribution in [2.24, 2.45) is 0 Å². The summed E-state index contributed by atoms with van der Waals surface area (Å²) in [4.78, 5) is 0. The van der Waals surface area contributed by atoms with Crippen molar-refractivity contribution in [3.05, 3.63) is 0 Å². The van der Waals surface area contributed by atoms with Crippen LogP contribution < -0.4 is 5.09 Å². The number of piperidine rings is 1. The molecule has 0 aromatic rings. The van der Waals surface area contributed by atoms with Crippen molar-refractivity contribution in [2.45, 2.75) is 25.3 Å². The molecule has 11 heavy (non-hydrogen) atoms. The fourth-order valence-electron chi connectivity index (χ4n) is 1.48. The SMILES string of the molecule is CNPN1CCCCC1CO. The fraction of sp³-hybridized carbons (Fsp3) is 1.00. The predicted molar refractivity (Wildman–Crippen MR) is 48.8 cm³/mol. The first kappa shape index (κ1) is 9.40. The number of rotatable bonds is 3. The van der Waals surface area contributed by atoms with Gasteiger partial charge in [-0.1, -0.05) is 6.42 Å². The van der Waals surface area contributed by atoms with Gasteiger partial charge in [0.1, 0.15) is 0 Å². The van der Waals surface area contributed by atoms with Crippen molar-refractivity contribution in [3.8, 4) is 0 Å². The van der Waals surface area contributed by atoms with E-state index in [0.29, 0.717) is 21.5 Å². The molecule has 2 atom stereocenters. The van der Waals surface area contributed by atoms with E-state index in [-0.39, 0.29) is 0 Å². The molecule has 1 fully saturated rings. The Morgan fingerprint density at radius 2 is 2.45 bits per heavy atom. The first-order chi connectivity index (χ1) is 5.38. The topological polar surface area (TPSA) is 35.5 Å². The lowest BCUT2D eigenvalue weighted by Gasteiger charge is -2.33. The van der Waals surface area contributed by atoms with Crippen molar-refractivity contribution in [2.75, 3.05) is 20.2 Å². The third-order valence-electron chi connectivity index (χ3n) is 2.09. The first-order valence-corrected chi connectivity index (χ1v) is 5.13. The molecule has 66 valence electrons. The highest BCUT2D eigenvalue weighted by Crippen LogP contribution is 2.25. The second-order valence-electron chi connectivity index (χ2n) is 2.89. The summed E-state index contributed by atoms with van der Waals surface area (Å²) in [5, 5.41) is 12.2. The second kappa shape index (κ2) is 5.04. The lowest BCUT2D eigenvalue weighted by molar-refractivity contribution is 0.161. The van der Waals surface area contributed by atoms with Crippen LogP contribution in [0.15, 0.2) is 0 Å². The molecule has 1 heterocycles. The van der Waals surface area contributed by atoms with E-state index < -0.39 is 0 Å². The molecule has 0 bridgehead atoms. The van der Waals surface area contributed by atoms with Crippen LogP contribution in [0.4, 0.5) is 0 Å². The van der Waals surface area contributed by atoms with Gasteiger partial charge in [-0.05, 0) is 19.9 Å². The van der Waals surface area contributed by atoms with Gasteiger partial charge in [-0.25, -0.2) is 0 Å². The molecule has 1 aliphatic rings. The van der Waals surface area contributed by atoms with Crippen molar-refractivity contribution < 1.29 is 5.11 Å². The Bertz CT molecular complexity index is 111. The van der Waals surface area contributed by atoms with Crippen LogP contribution >= 0.6 is 8.88 Å². The minimum Gasteiger partial charge on any atom is -0.395 e. The summed E-state index contributed by atoms with van der Waals surface area (Å²) in [5.74, 6) is 0. The molecule has 1 saturated heterocycles. The molecule has 3 nitrogen and oxygen atoms in total. The normalized spacial score (nSPS) is 28.4. The molecule has 0 saturated carbocycles. The summed E-state index contributed by atoms with van der Waals surface area (Å²) in [6, 6.07) is 0.412. The molecule has 0 radical (unpaired) electrons. The molecular formula is C7H17N2OP. The minimum absolute atomic E-state index is 0.314. The third-order valence-corrected chi connectivity index (χ3v) is 3.19. The van der Waals surface area contributed by atoms with Crippen LogP contribution in [-0.4, -0.2) is 36.0 Å². The van der Waals surface area contributed by atoms with E-state index in [1.807, 2.05) is 7.05 Å². The van der Waals surface area contributed by atoms with E-state index in [1.165, 1.54) is 12.8 Å². The van der Waals surface area contributed by atoms with Crippen molar-refractivity contribution in [1.29, 1.82) is 0 Å². The van der Waals surface area contributed by atoms with Gasteiger partial charge >= 0.3 is 0 Å². The van der Waals surface area contributed by atoms with Gasteiger partial charge in [0.15, 0.2) is 0 Å². The zero-order valence-corrected chi connectivity index (χ0v) is 8.01. The largest absolute Gasteiger partial charge is 0.395 e. The number of aliphatic hydroxyl groups excluding tert-OH is 1. The standard InChI is InChI=1S/C7H17N2OP/c1-8-11-9-5-3-2-4-7(9)6-10/h7-8,10-11H,2-6H2,1H3. The van der Waals surface area contributed by atoms with Gasteiger partial charge in [-0.3, -0.25) is 9.76 Å². The Kier molecular flexibility index (Phi) is 4.31. The van der Waals surface area contributed by atoms with Crippen LogP contribution in [0.2, 0.25) is 0 Å². The second-order valence-corrected chi connectivity index (χ2v) is 4.19. The van der Waals surface area contributed by atoms with Crippen molar-refractivity contribution >= 4 is 8.88 Å². The quantitative estimate of drug-likeness (QED) is 0.617. The minimum atomic E-state index is 0.314. The maximum Gasteiger partial charge on any atom is 0.0590 e. The van der Waals surface area contributed by atoms with Crippen LogP contribution in [0.5, 0.6) is 0 Å². The van der Waals surface area contributed by atoms with E-state index >= 15 is 0 Å². The predicted octanol–water partition coefficient (Wildman–Crippen LogP) is 0.561. The van der Waals surface area contributed by atoms with E-state index in [0.717, 1.165) is 13.0 Å². The molecule has 0 aliphatic carbocycles. The molecule has 2 unspecified atom stereocenters. The maximum atomic E-state index is 9.02. The Hall–Kier alpha value is 0.310. The summed E-state index contributed by atoms with van der Waals surface area (Å²) in [6.45, 7) is 1.46. The zero-order valence-electron chi connectivity index (χ0n) is 7.01. The lowest BCUT2D eigenvalue weighted by Crippen LogP contribution is -2.37. The first-order valence-electron chi connectivity index (χ1n) is 4.18. The molecule has 0 aromatic carbocycles. The van der Waals surface area contributed by atoms with Crippen LogP contribution in [0, 0.1) is 0 Å². The molecule has 0 aromatic heterocycles. The van der Waals surface area contributed by atoms with Gasteiger partial charge in [0.2, 0.25) is 0 Å². The highest BCUT2D eigenvalue weighted by atomic mass is 31.1. The van der Waals surface area contributed by atoms with Crippen molar-refractivity contribution in [3.63, 3.8) is 0 Å². The Balaban J connectivity index is 2.31. The van der Waals surface area contributed by atoms with Gasteiger partial charge in [0.25, 0.3) is 0 Å². The third kappa shape index (κ3) is 2.68. The zero-order chi connectivity index (χ0) is 8.10. The summed E-state index contributed by atoms with van der Waals surface area (Å²) in [5.41, 5.74) is 0. The maximum absolute atomic E-state index is 9.02. The summed E-state index contributed by atoms with van der Waals surface area (Å²) in [7, 11) is 2.63. The van der Waals surface area contributed by atoms with Crippen LogP contribution in [0.3, 0.4) is 0 Å². The van der Waals surface area contributed by atoms with Gasteiger partial charge < -0.3 is 5.11 Å². The Labute approximate surface area is 70.1 Å². The van der Waals surface area contributed by atoms with E-state index in [4.69, 9.17) is 5.11 Å². The molecule has 2 N–H and O–H groups in total. The number of nitrogens with one attached hydrogen (secondary N) is 1. The molecule has 1 rings (SSSR count). The summed E-state index contributed by atoms with van der Waals surface area (Å²) < 4.78 is 2.34. The van der Waals surface area contributed by atoms with Gasteiger partial charge in [0.05, 0.1) is 6.61 Å². The summed E-state index contributed by atoms with van der Waals surface area (Å²) in [6.07, 6.45) is 3.71. The monoisotopic (exact) mass is 176 g/mol. The summed E-state index contributed by atoms with van der Waals surface area (Å²) >= 11 is 0. The van der Waals surface area contributed by atoms with Gasteiger partial charge in [0, 0.05) is 21.5 Å². The number of nitrogens with zero attached hydrogens (tertiary/aromatic N) is 1. The highest BCUT2D eigenvalue weighted by Gasteiger charge is 2.20. The lowest BCUT2D eigenvalue weighted by atomic mass is 10.1. The number of aliphatic hydroxyl groups is 1. The average Bonchev–Trinajstić information content (AvgIpc) is 2.06. The average molecular weight is 176 g/mol. The molecule has 0 amide bonds. The van der Waals surface area contributed by atoms with Crippen LogP contribution in [0.25, 0.3) is 0 Å². The van der Waals surface area contributed by atoms with Crippen molar-refractivity contribution in [1.82, 2.24) is 9.76 Å². The molecule has 0 spiro atoms. The fourth-order valence-corrected chi connectivity index (χ4v) is 2.43. The number of hydrogen-bond acceptors (Lipinski definition) is 3. The Morgan fingerprint density at radius 1 is 1.64 bits per heavy atom. The number of hydrogen-bond donors (Lipinski definition) is 2. The smallest absolute Gasteiger partial charge is 0.0590 e. The van der Waals surface area contributed by atoms with Crippen LogP contribution in [0.1, 0.15) is 19.3 Å².